The van der Waals surface area contributed by atoms with Crippen molar-refractivity contribution in [1.29, 1.82) is 0 Å². The molecule has 1 fully saturated rings. The number of hydrogen-bond acceptors (Lipinski definition) is 3. The maximum absolute atomic E-state index is 5.91. The minimum atomic E-state index is 0.171. The molecule has 2 rings (SSSR count). The Labute approximate surface area is 108 Å². The van der Waals surface area contributed by atoms with Crippen LogP contribution >= 0.6 is 11.6 Å². The van der Waals surface area contributed by atoms with Gasteiger partial charge in [0, 0.05) is 25.2 Å². The molecule has 94 valence electrons. The van der Waals surface area contributed by atoms with Gasteiger partial charge in [-0.2, -0.15) is 0 Å². The second-order valence-corrected chi connectivity index (χ2v) is 5.06. The van der Waals surface area contributed by atoms with Gasteiger partial charge in [-0.15, -0.1) is 11.6 Å². The van der Waals surface area contributed by atoms with Crippen molar-refractivity contribution < 1.29 is 4.74 Å². The standard InChI is InChI=1S/C13H19ClN2O/c1-10(2)17-12-4-3-6-15-13(12)16-7-5-11(8-14)9-16/h3-4,6,10-11H,5,7-9H2,1-2H3. The van der Waals surface area contributed by atoms with Crippen LogP contribution in [0.2, 0.25) is 0 Å². The number of halogens is 1. The third-order valence-corrected chi connectivity index (χ3v) is 3.35. The third kappa shape index (κ3) is 3.03. The maximum Gasteiger partial charge on any atom is 0.171 e. The first-order valence-corrected chi connectivity index (χ1v) is 6.66. The number of aromatic nitrogens is 1. The van der Waals surface area contributed by atoms with Crippen LogP contribution in [0.4, 0.5) is 5.82 Å². The van der Waals surface area contributed by atoms with Crippen LogP contribution in [0.5, 0.6) is 5.75 Å². The fraction of sp³-hybridized carbons (Fsp3) is 0.615. The van der Waals surface area contributed by atoms with Crippen molar-refractivity contribution >= 4 is 17.4 Å². The first kappa shape index (κ1) is 12.5. The lowest BCUT2D eigenvalue weighted by atomic mass is 10.2. The topological polar surface area (TPSA) is 25.4 Å². The summed E-state index contributed by atoms with van der Waals surface area (Å²) in [6, 6.07) is 3.90. The molecule has 1 aromatic heterocycles. The molecule has 1 atom stereocenters. The molecule has 0 saturated carbocycles. The van der Waals surface area contributed by atoms with E-state index >= 15 is 0 Å². The lowest BCUT2D eigenvalue weighted by Gasteiger charge is -2.21. The summed E-state index contributed by atoms with van der Waals surface area (Å²) in [6.07, 6.45) is 3.13. The Morgan fingerprint density at radius 2 is 2.41 bits per heavy atom. The van der Waals surface area contributed by atoms with Gasteiger partial charge in [0.2, 0.25) is 0 Å². The van der Waals surface area contributed by atoms with Gasteiger partial charge in [0.05, 0.1) is 6.10 Å². The first-order valence-electron chi connectivity index (χ1n) is 6.13. The molecule has 1 aliphatic heterocycles. The molecule has 17 heavy (non-hydrogen) atoms. The summed E-state index contributed by atoms with van der Waals surface area (Å²) < 4.78 is 5.79. The van der Waals surface area contributed by atoms with E-state index in [0.29, 0.717) is 5.92 Å². The van der Waals surface area contributed by atoms with Crippen molar-refractivity contribution in [2.75, 3.05) is 23.9 Å². The highest BCUT2D eigenvalue weighted by molar-refractivity contribution is 6.18. The largest absolute Gasteiger partial charge is 0.487 e. The zero-order valence-electron chi connectivity index (χ0n) is 10.4. The van der Waals surface area contributed by atoms with Crippen LogP contribution in [-0.2, 0) is 0 Å². The number of rotatable bonds is 4. The highest BCUT2D eigenvalue weighted by Gasteiger charge is 2.25. The van der Waals surface area contributed by atoms with Gasteiger partial charge in [-0.05, 0) is 38.3 Å². The molecule has 0 bridgehead atoms. The van der Waals surface area contributed by atoms with Gasteiger partial charge in [-0.1, -0.05) is 0 Å². The number of nitrogens with zero attached hydrogens (tertiary/aromatic N) is 2. The monoisotopic (exact) mass is 254 g/mol. The van der Waals surface area contributed by atoms with Crippen molar-refractivity contribution in [3.8, 4) is 5.75 Å². The molecule has 3 nitrogen and oxygen atoms in total. The van der Waals surface area contributed by atoms with Crippen molar-refractivity contribution in [3.63, 3.8) is 0 Å². The van der Waals surface area contributed by atoms with Gasteiger partial charge >= 0.3 is 0 Å². The van der Waals surface area contributed by atoms with Gasteiger partial charge in [-0.25, -0.2) is 4.98 Å². The highest BCUT2D eigenvalue weighted by atomic mass is 35.5. The molecule has 1 aliphatic rings. The van der Waals surface area contributed by atoms with E-state index in [2.05, 4.69) is 9.88 Å². The van der Waals surface area contributed by atoms with E-state index in [1.54, 1.807) is 0 Å². The summed E-state index contributed by atoms with van der Waals surface area (Å²) in [5.41, 5.74) is 0. The summed E-state index contributed by atoms with van der Waals surface area (Å²) in [6.45, 7) is 6.06. The Hall–Kier alpha value is -0.960. The molecule has 0 spiro atoms. The molecule has 0 aliphatic carbocycles. The van der Waals surface area contributed by atoms with E-state index in [-0.39, 0.29) is 6.10 Å². The Morgan fingerprint density at radius 1 is 1.59 bits per heavy atom. The average Bonchev–Trinajstić information content (AvgIpc) is 2.77. The number of pyridine rings is 1. The quantitative estimate of drug-likeness (QED) is 0.773. The average molecular weight is 255 g/mol. The molecule has 0 amide bonds. The smallest absolute Gasteiger partial charge is 0.171 e. The number of alkyl halides is 1. The van der Waals surface area contributed by atoms with Gasteiger partial charge in [0.15, 0.2) is 11.6 Å². The molecule has 0 aromatic carbocycles. The molecule has 0 N–H and O–H groups in total. The summed E-state index contributed by atoms with van der Waals surface area (Å²) >= 11 is 5.91. The van der Waals surface area contributed by atoms with Crippen LogP contribution in [0.1, 0.15) is 20.3 Å². The Kier molecular flexibility index (Phi) is 4.11. The summed E-state index contributed by atoms with van der Waals surface area (Å²) in [7, 11) is 0. The third-order valence-electron chi connectivity index (χ3n) is 2.92. The highest BCUT2D eigenvalue weighted by Crippen LogP contribution is 2.30. The maximum atomic E-state index is 5.91. The molecule has 1 saturated heterocycles. The van der Waals surface area contributed by atoms with Gasteiger partial charge in [0.25, 0.3) is 0 Å². The Balaban J connectivity index is 2.14. The lowest BCUT2D eigenvalue weighted by Crippen LogP contribution is -2.22. The predicted molar refractivity (Wildman–Crippen MR) is 71.0 cm³/mol. The molecule has 1 unspecified atom stereocenters. The van der Waals surface area contributed by atoms with Crippen molar-refractivity contribution in [2.45, 2.75) is 26.4 Å². The minimum Gasteiger partial charge on any atom is -0.487 e. The van der Waals surface area contributed by atoms with E-state index in [9.17, 15) is 0 Å². The number of anilines is 1. The van der Waals surface area contributed by atoms with Crippen LogP contribution in [-0.4, -0.2) is 30.1 Å². The predicted octanol–water partition coefficient (Wildman–Crippen LogP) is 2.93. The van der Waals surface area contributed by atoms with Crippen LogP contribution < -0.4 is 9.64 Å². The van der Waals surface area contributed by atoms with Crippen LogP contribution in [0.3, 0.4) is 0 Å². The second-order valence-electron chi connectivity index (χ2n) is 4.75. The van der Waals surface area contributed by atoms with Crippen LogP contribution in [0, 0.1) is 5.92 Å². The molecular weight excluding hydrogens is 236 g/mol. The van der Waals surface area contributed by atoms with E-state index in [4.69, 9.17) is 16.3 Å². The van der Waals surface area contributed by atoms with Crippen LogP contribution in [0.15, 0.2) is 18.3 Å². The normalized spacial score (nSPS) is 20.0. The molecule has 4 heteroatoms. The lowest BCUT2D eigenvalue weighted by molar-refractivity contribution is 0.242. The summed E-state index contributed by atoms with van der Waals surface area (Å²) in [5, 5.41) is 0. The number of ether oxygens (including phenoxy) is 1. The zero-order valence-corrected chi connectivity index (χ0v) is 11.2. The van der Waals surface area contributed by atoms with E-state index < -0.39 is 0 Å². The van der Waals surface area contributed by atoms with E-state index in [0.717, 1.165) is 37.0 Å². The zero-order chi connectivity index (χ0) is 12.3. The van der Waals surface area contributed by atoms with Gasteiger partial charge in [-0.3, -0.25) is 0 Å². The van der Waals surface area contributed by atoms with Crippen molar-refractivity contribution in [1.82, 2.24) is 4.98 Å². The van der Waals surface area contributed by atoms with Crippen LogP contribution in [0.25, 0.3) is 0 Å². The minimum absolute atomic E-state index is 0.171. The summed E-state index contributed by atoms with van der Waals surface area (Å²) in [5.74, 6) is 3.13. The first-order chi connectivity index (χ1) is 8.20. The SMILES string of the molecule is CC(C)Oc1cccnc1N1CCC(CCl)C1. The fourth-order valence-corrected chi connectivity index (χ4v) is 2.37. The Morgan fingerprint density at radius 3 is 3.06 bits per heavy atom. The number of hydrogen-bond donors (Lipinski definition) is 0. The molecule has 2 heterocycles. The molecule has 0 radical (unpaired) electrons. The van der Waals surface area contributed by atoms with E-state index in [1.807, 2.05) is 32.2 Å². The van der Waals surface area contributed by atoms with Gasteiger partial charge in [0.1, 0.15) is 0 Å². The van der Waals surface area contributed by atoms with Crippen molar-refractivity contribution in [2.24, 2.45) is 5.92 Å². The fourth-order valence-electron chi connectivity index (χ4n) is 2.12. The second kappa shape index (κ2) is 5.58. The van der Waals surface area contributed by atoms with Gasteiger partial charge < -0.3 is 9.64 Å². The van der Waals surface area contributed by atoms with Crippen molar-refractivity contribution in [3.05, 3.63) is 18.3 Å². The molecular formula is C13H19ClN2O. The summed E-state index contributed by atoms with van der Waals surface area (Å²) in [4.78, 5) is 6.71. The van der Waals surface area contributed by atoms with E-state index in [1.165, 1.54) is 0 Å². The Bertz CT molecular complexity index is 370. The molecule has 1 aromatic rings.